The van der Waals surface area contributed by atoms with Gasteiger partial charge in [0.05, 0.1) is 24.8 Å². The summed E-state index contributed by atoms with van der Waals surface area (Å²) in [4.78, 5) is 34.6. The van der Waals surface area contributed by atoms with Crippen LogP contribution in [-0.2, 0) is 17.8 Å². The predicted molar refractivity (Wildman–Crippen MR) is 169 cm³/mol. The van der Waals surface area contributed by atoms with Crippen LogP contribution in [0, 0.1) is 5.92 Å². The number of aromatic nitrogens is 1. The molecule has 0 fully saturated rings. The molecule has 0 aliphatic carbocycles. The van der Waals surface area contributed by atoms with Crippen molar-refractivity contribution in [2.24, 2.45) is 5.92 Å². The Morgan fingerprint density at radius 2 is 1.86 bits per heavy atom. The van der Waals surface area contributed by atoms with Crippen molar-refractivity contribution in [3.63, 3.8) is 0 Å². The van der Waals surface area contributed by atoms with Crippen LogP contribution < -0.4 is 15.4 Å². The third kappa shape index (κ3) is 7.49. The monoisotopic (exact) mass is 581 g/mol. The summed E-state index contributed by atoms with van der Waals surface area (Å²) in [7, 11) is 2.05. The van der Waals surface area contributed by atoms with Crippen LogP contribution in [0.1, 0.15) is 25.0 Å². The highest BCUT2D eigenvalue weighted by Gasteiger charge is 2.31. The van der Waals surface area contributed by atoms with Gasteiger partial charge in [-0.3, -0.25) is 14.7 Å². The first-order chi connectivity index (χ1) is 20.8. The van der Waals surface area contributed by atoms with Crippen LogP contribution in [0.4, 0.5) is 16.2 Å². The summed E-state index contributed by atoms with van der Waals surface area (Å²) < 4.78 is 6.63. The van der Waals surface area contributed by atoms with Crippen LogP contribution >= 0.6 is 0 Å². The summed E-state index contributed by atoms with van der Waals surface area (Å²) in [6, 6.07) is 22.3. The van der Waals surface area contributed by atoms with E-state index in [0.29, 0.717) is 35.8 Å². The minimum Gasteiger partial charge on any atom is -0.488 e. The van der Waals surface area contributed by atoms with Gasteiger partial charge in [0.25, 0.3) is 0 Å². The molecular weight excluding hydrogens is 542 g/mol. The number of carbonyl (C=O) groups excluding carboxylic acids is 2. The number of ether oxygens (including phenoxy) is 1. The molecule has 1 aliphatic heterocycles. The third-order valence-corrected chi connectivity index (χ3v) is 7.91. The minimum absolute atomic E-state index is 0.00642. The average molecular weight is 582 g/mol. The summed E-state index contributed by atoms with van der Waals surface area (Å²) in [5, 5.41) is 17.8. The van der Waals surface area contributed by atoms with Crippen molar-refractivity contribution < 1.29 is 19.4 Å². The number of carbonyl (C=O) groups is 2. The van der Waals surface area contributed by atoms with Gasteiger partial charge < -0.3 is 25.4 Å². The van der Waals surface area contributed by atoms with Crippen LogP contribution in [0.5, 0.6) is 5.75 Å². The molecule has 1 aromatic heterocycles. The van der Waals surface area contributed by atoms with E-state index in [2.05, 4.69) is 27.4 Å². The summed E-state index contributed by atoms with van der Waals surface area (Å²) in [6.45, 7) is 5.62. The van der Waals surface area contributed by atoms with Crippen LogP contribution in [0.3, 0.4) is 0 Å². The lowest BCUT2D eigenvalue weighted by Gasteiger charge is -2.34. The molecule has 4 aromatic rings. The number of aliphatic hydroxyl groups is 1. The highest BCUT2D eigenvalue weighted by atomic mass is 16.5. The summed E-state index contributed by atoms with van der Waals surface area (Å²) in [5.41, 5.74) is 3.09. The molecule has 9 heteroatoms. The van der Waals surface area contributed by atoms with E-state index in [1.807, 2.05) is 74.6 Å². The number of benzene rings is 3. The van der Waals surface area contributed by atoms with E-state index >= 15 is 0 Å². The summed E-state index contributed by atoms with van der Waals surface area (Å²) >= 11 is 0. The molecule has 0 spiro atoms. The standard InChI is InChI=1S/C34H39N5O4/c1-23-19-39(24(2)22-40)33(41)18-27-17-28(36-34(42)37-30-10-6-8-26-7-4-5-9-29(26)30)11-12-31(27)43-32(23)21-38(3)20-25-13-15-35-16-14-25/h4-17,23-24,32,40H,18-22H2,1-3H3,(H2,36,37,42)/t23-,24-,32-/m0/s1. The van der Waals surface area contributed by atoms with E-state index in [-0.39, 0.29) is 43.0 Å². The Bertz CT molecular complexity index is 1560. The summed E-state index contributed by atoms with van der Waals surface area (Å²) in [6.07, 6.45) is 3.43. The molecule has 3 amide bonds. The lowest BCUT2D eigenvalue weighted by Crippen LogP contribution is -2.47. The SMILES string of the molecule is C[C@H]1CN([C@@H](C)CO)C(=O)Cc2cc(NC(=O)Nc3cccc4ccccc34)ccc2O[C@H]1CN(C)Cc1ccncc1. The number of anilines is 2. The molecule has 43 heavy (non-hydrogen) atoms. The third-order valence-electron chi connectivity index (χ3n) is 7.91. The van der Waals surface area contributed by atoms with Crippen molar-refractivity contribution in [1.82, 2.24) is 14.8 Å². The fourth-order valence-corrected chi connectivity index (χ4v) is 5.52. The molecule has 0 unspecified atom stereocenters. The van der Waals surface area contributed by atoms with E-state index in [4.69, 9.17) is 4.74 Å². The van der Waals surface area contributed by atoms with Gasteiger partial charge in [0.1, 0.15) is 11.9 Å². The van der Waals surface area contributed by atoms with Gasteiger partial charge in [0.15, 0.2) is 0 Å². The summed E-state index contributed by atoms with van der Waals surface area (Å²) in [5.74, 6) is 0.510. The predicted octanol–water partition coefficient (Wildman–Crippen LogP) is 5.16. The molecule has 3 aromatic carbocycles. The van der Waals surface area contributed by atoms with Gasteiger partial charge in [0.2, 0.25) is 5.91 Å². The highest BCUT2D eigenvalue weighted by Crippen LogP contribution is 2.30. The number of aliphatic hydroxyl groups excluding tert-OH is 1. The van der Waals surface area contributed by atoms with Crippen molar-refractivity contribution in [3.8, 4) is 5.75 Å². The average Bonchev–Trinajstić information content (AvgIpc) is 3.04. The number of hydrogen-bond acceptors (Lipinski definition) is 6. The van der Waals surface area contributed by atoms with Crippen molar-refractivity contribution in [2.75, 3.05) is 37.4 Å². The van der Waals surface area contributed by atoms with Gasteiger partial charge in [0, 0.05) is 54.6 Å². The zero-order chi connectivity index (χ0) is 30.3. The quantitative estimate of drug-likeness (QED) is 0.265. The largest absolute Gasteiger partial charge is 0.488 e. The molecule has 3 N–H and O–H groups in total. The number of nitrogens with one attached hydrogen (secondary N) is 2. The number of hydrogen-bond donors (Lipinski definition) is 3. The first-order valence-corrected chi connectivity index (χ1v) is 14.6. The second kappa shape index (κ2) is 13.7. The van der Waals surface area contributed by atoms with Gasteiger partial charge in [-0.25, -0.2) is 4.79 Å². The van der Waals surface area contributed by atoms with E-state index in [9.17, 15) is 14.7 Å². The highest BCUT2D eigenvalue weighted by molar-refractivity contribution is 6.06. The van der Waals surface area contributed by atoms with Crippen LogP contribution in [0.15, 0.2) is 85.2 Å². The number of fused-ring (bicyclic) bond motifs is 2. The van der Waals surface area contributed by atoms with Crippen molar-refractivity contribution in [1.29, 1.82) is 0 Å². The van der Waals surface area contributed by atoms with Gasteiger partial charge in [-0.15, -0.1) is 0 Å². The molecule has 5 rings (SSSR count). The zero-order valence-corrected chi connectivity index (χ0v) is 24.9. The van der Waals surface area contributed by atoms with Crippen molar-refractivity contribution in [2.45, 2.75) is 39.0 Å². The zero-order valence-electron chi connectivity index (χ0n) is 24.9. The van der Waals surface area contributed by atoms with E-state index in [1.165, 1.54) is 0 Å². The Morgan fingerprint density at radius 1 is 1.09 bits per heavy atom. The van der Waals surface area contributed by atoms with Gasteiger partial charge in [-0.05, 0) is 61.3 Å². The lowest BCUT2D eigenvalue weighted by molar-refractivity contribution is -0.134. The van der Waals surface area contributed by atoms with Gasteiger partial charge in [-0.1, -0.05) is 43.3 Å². The normalized spacial score (nSPS) is 17.8. The molecule has 224 valence electrons. The number of pyridine rings is 1. The van der Waals surface area contributed by atoms with Crippen molar-refractivity contribution >= 4 is 34.1 Å². The molecule has 3 atom stereocenters. The molecule has 9 nitrogen and oxygen atoms in total. The van der Waals surface area contributed by atoms with Crippen LogP contribution in [-0.4, -0.2) is 70.7 Å². The first kappa shape index (κ1) is 30.0. The Kier molecular flexibility index (Phi) is 9.54. The Balaban J connectivity index is 1.37. The first-order valence-electron chi connectivity index (χ1n) is 14.6. The van der Waals surface area contributed by atoms with Crippen molar-refractivity contribution in [3.05, 3.63) is 96.3 Å². The van der Waals surface area contributed by atoms with Gasteiger partial charge >= 0.3 is 6.03 Å². The topological polar surface area (TPSA) is 107 Å². The molecule has 0 saturated carbocycles. The smallest absolute Gasteiger partial charge is 0.323 e. The number of nitrogens with zero attached hydrogens (tertiary/aromatic N) is 3. The van der Waals surface area contributed by atoms with Gasteiger partial charge in [-0.2, -0.15) is 0 Å². The number of amides is 3. The lowest BCUT2D eigenvalue weighted by atomic mass is 10.0. The second-order valence-corrected chi connectivity index (χ2v) is 11.4. The maximum absolute atomic E-state index is 13.5. The molecular formula is C34H39N5O4. The fourth-order valence-electron chi connectivity index (χ4n) is 5.52. The molecule has 2 heterocycles. The van der Waals surface area contributed by atoms with E-state index < -0.39 is 0 Å². The van der Waals surface area contributed by atoms with E-state index in [1.54, 1.807) is 29.4 Å². The minimum atomic E-state index is -0.383. The molecule has 0 saturated heterocycles. The maximum atomic E-state index is 13.5. The second-order valence-electron chi connectivity index (χ2n) is 11.4. The Labute approximate surface area is 252 Å². The fraction of sp³-hybridized carbons (Fsp3) is 0.324. The maximum Gasteiger partial charge on any atom is 0.323 e. The number of likely N-dealkylation sites (N-methyl/N-ethyl adjacent to an activating group) is 1. The molecule has 0 bridgehead atoms. The Hall–Kier alpha value is -4.47. The molecule has 1 aliphatic rings. The number of urea groups is 1. The van der Waals surface area contributed by atoms with Crippen LogP contribution in [0.2, 0.25) is 0 Å². The number of rotatable bonds is 8. The Morgan fingerprint density at radius 3 is 2.65 bits per heavy atom. The van der Waals surface area contributed by atoms with Crippen LogP contribution in [0.25, 0.3) is 10.8 Å². The van der Waals surface area contributed by atoms with E-state index in [0.717, 1.165) is 22.9 Å². The molecule has 0 radical (unpaired) electrons.